The number of primary amides is 2. The maximum Gasteiger partial charge on any atom is 0.326 e. The molecule has 0 bridgehead atoms. The Morgan fingerprint density at radius 1 is 0.322 bits per heavy atom. The Morgan fingerprint density at radius 3 is 1.04 bits per heavy atom. The van der Waals surface area contributed by atoms with Crippen molar-refractivity contribution >= 4 is 154 Å². The third-order valence-electron chi connectivity index (χ3n) is 23.4. The average Bonchev–Trinajstić information content (AvgIpc) is 1.71. The molecule has 0 saturated carbocycles. The highest BCUT2D eigenvalue weighted by Gasteiger charge is 2.46. The molecule has 840 valence electrons. The molecule has 21 amide bonds. The van der Waals surface area contributed by atoms with Crippen LogP contribution in [0, 0.1) is 35.0 Å². The van der Waals surface area contributed by atoms with Crippen molar-refractivity contribution in [2.24, 2.45) is 52.5 Å². The minimum Gasteiger partial charge on any atom is -0.481 e. The van der Waals surface area contributed by atoms with Crippen molar-refractivity contribution in [2.45, 2.75) is 339 Å². The van der Waals surface area contributed by atoms with Gasteiger partial charge in [-0.15, -0.1) is 0 Å². The van der Waals surface area contributed by atoms with Crippen LogP contribution in [-0.4, -0.2) is 371 Å². The van der Waals surface area contributed by atoms with Crippen LogP contribution >= 0.6 is 0 Å². The summed E-state index contributed by atoms with van der Waals surface area (Å²) in [5, 5.41) is 131. The molecule has 2 aliphatic heterocycles. The van der Waals surface area contributed by atoms with E-state index in [1.807, 2.05) is 0 Å². The van der Waals surface area contributed by atoms with E-state index in [1.54, 1.807) is 55.4 Å². The zero-order valence-corrected chi connectivity index (χ0v) is 86.0. The number of carboxylic acids is 4. The van der Waals surface area contributed by atoms with Gasteiger partial charge >= 0.3 is 23.9 Å². The Kier molecular flexibility index (Phi) is 57.6. The Morgan fingerprint density at radius 2 is 0.644 bits per heavy atom. The fourth-order valence-electron chi connectivity index (χ4n) is 15.5. The number of nitrogens with one attached hydrogen (secondary N) is 19. The molecule has 20 atom stereocenters. The van der Waals surface area contributed by atoms with Gasteiger partial charge in [0, 0.05) is 51.7 Å². The summed E-state index contributed by atoms with van der Waals surface area (Å²) >= 11 is 0. The number of aliphatic hydroxyl groups is 4. The monoisotopic (exact) mass is 2120 g/mol. The molecule has 2 aliphatic rings. The molecule has 2 rings (SSSR count). The zero-order chi connectivity index (χ0) is 113. The first kappa shape index (κ1) is 131. The normalized spacial score (nSPS) is 16.9. The van der Waals surface area contributed by atoms with Gasteiger partial charge < -0.3 is 169 Å². The molecule has 0 aromatic carbocycles. The number of carboxylic acid groups (broad SMARTS) is 4. The molecular formula is C91H153N25O33. The number of hydrogen-bond acceptors (Lipinski definition) is 31. The number of nitrogens with two attached hydrogens (primary N) is 4. The summed E-state index contributed by atoms with van der Waals surface area (Å²) in [6, 6.07) is -27.7. The van der Waals surface area contributed by atoms with Gasteiger partial charge in [0.25, 0.3) is 0 Å². The highest BCUT2D eigenvalue weighted by Crippen LogP contribution is 2.24. The maximum absolute atomic E-state index is 14.5. The van der Waals surface area contributed by atoms with E-state index < -0.39 is 364 Å². The second-order valence-electron chi connectivity index (χ2n) is 38.7. The fourth-order valence-corrected chi connectivity index (χ4v) is 15.5. The maximum atomic E-state index is 14.5. The van der Waals surface area contributed by atoms with Gasteiger partial charge in [-0.3, -0.25) is 120 Å². The summed E-state index contributed by atoms with van der Waals surface area (Å²) in [5.41, 5.74) is 21.8. The number of carbonyl (C=O) groups excluding carboxylic acids is 21. The van der Waals surface area contributed by atoms with Gasteiger partial charge in [-0.05, 0) is 147 Å². The number of aliphatic carboxylic acids is 4. The quantitative estimate of drug-likeness (QED) is 0.0153. The predicted octanol–water partition coefficient (Wildman–Crippen LogP) is -11.1. The summed E-state index contributed by atoms with van der Waals surface area (Å²) in [4.78, 5) is 337. The largest absolute Gasteiger partial charge is 0.481 e. The summed E-state index contributed by atoms with van der Waals surface area (Å²) in [6.45, 7) is 15.7. The summed E-state index contributed by atoms with van der Waals surface area (Å²) in [6.07, 6.45) is -11.4. The van der Waals surface area contributed by atoms with Crippen LogP contribution in [0.2, 0.25) is 0 Å². The van der Waals surface area contributed by atoms with Crippen LogP contribution < -0.4 is 119 Å². The molecule has 0 radical (unpaired) electrons. The number of hydrogen-bond donors (Lipinski definition) is 31. The van der Waals surface area contributed by atoms with Crippen molar-refractivity contribution < 1.29 is 161 Å². The topological polar surface area (TPSA) is 940 Å². The zero-order valence-electron chi connectivity index (χ0n) is 86.0. The Hall–Kier alpha value is -14.2. The lowest BCUT2D eigenvalue weighted by molar-refractivity contribution is -0.145. The van der Waals surface area contributed by atoms with Crippen molar-refractivity contribution in [3.05, 3.63) is 0 Å². The van der Waals surface area contributed by atoms with Gasteiger partial charge in [0.05, 0.1) is 50.6 Å². The molecule has 35 N–H and O–H groups in total. The molecule has 2 saturated heterocycles. The first-order valence-electron chi connectivity index (χ1n) is 49.1. The molecule has 2 heterocycles. The standard InChI is InChI=1S/C91H153N25O33/c1-41(2)33-55(106-79(137)51(21-26-63(94)122)103-77(135)52(22-27-67(126)127)102-74(132)49(92)20-25-62(93)121)81(139)105-53(23-28-68(128)129)78(136)104-54(24-29-69(130)131)80(138)110-59(40-117)75(133)99-37-64(123)98-38-65(124)101-50(17-14-30-97-91(95)96)76(134)107-56(34-42(3)4)82(140)112-70(45(9)10)86(144)114-73(48(13)120)89(147)115-31-15-18-60(115)84(142)100-39-66(125)111-72(47(12)119)88(146)116-32-16-19-61(116)85(143)108-57(35-43(5)6)83(141)113-71(46(11)118)87(145)109-58(90(148)149)36-44(7)8/h41-61,70-73,117-120H,14-40,92H2,1-13H3,(H2,93,121)(H2,94,122)(H,98,123)(H,99,133)(H,100,142)(H,101,124)(H,102,132)(H,103,135)(H,104,136)(H,105,139)(H,106,137)(H,107,134)(H,108,143)(H,109,145)(H,110,138)(H,111,125)(H,112,140)(H,113,141)(H,114,144)(H,126,127)(H,128,129)(H,130,131)(H,148,149)(H4,95,96,97)/t46-,47-,48-,49+,50+,51+,52+,53+,54+,55+,56+,57+,58+,59+,60+,61+,70+,71+,72+,73+/m1/s1. The van der Waals surface area contributed by atoms with E-state index in [9.17, 15) is 161 Å². The molecule has 0 aromatic heterocycles. The third-order valence-corrected chi connectivity index (χ3v) is 23.4. The van der Waals surface area contributed by atoms with E-state index in [1.165, 1.54) is 27.7 Å². The number of guanidine groups is 1. The van der Waals surface area contributed by atoms with Crippen molar-refractivity contribution in [3.8, 4) is 0 Å². The minimum atomic E-state index is -2.01. The summed E-state index contributed by atoms with van der Waals surface area (Å²) in [5.74, 6) is -30.7. The van der Waals surface area contributed by atoms with Gasteiger partial charge in [-0.1, -0.05) is 69.2 Å². The Bertz CT molecular complexity index is 4670. The first-order valence-corrected chi connectivity index (χ1v) is 49.1. The molecule has 58 nitrogen and oxygen atoms in total. The molecule has 0 aliphatic carbocycles. The highest BCUT2D eigenvalue weighted by molar-refractivity contribution is 6.02. The van der Waals surface area contributed by atoms with E-state index in [2.05, 4.69) is 95.7 Å². The molecule has 58 heteroatoms. The fraction of sp³-hybridized carbons (Fsp3) is 0.714. The second kappa shape index (κ2) is 65.5. The van der Waals surface area contributed by atoms with E-state index >= 15 is 0 Å². The van der Waals surface area contributed by atoms with E-state index in [-0.39, 0.29) is 114 Å². The van der Waals surface area contributed by atoms with E-state index in [0.717, 1.165) is 16.7 Å². The molecule has 2 fully saturated rings. The first-order chi connectivity index (χ1) is 69.5. The smallest absolute Gasteiger partial charge is 0.326 e. The average molecular weight is 2130 g/mol. The number of amides is 21. The molecule has 0 unspecified atom stereocenters. The number of likely N-dealkylation sites (tertiary alicyclic amines) is 2. The van der Waals surface area contributed by atoms with Crippen molar-refractivity contribution in [2.75, 3.05) is 45.9 Å². The van der Waals surface area contributed by atoms with Gasteiger partial charge in [-0.25, -0.2) is 4.79 Å². The van der Waals surface area contributed by atoms with Crippen LogP contribution in [0.15, 0.2) is 0 Å². The summed E-state index contributed by atoms with van der Waals surface area (Å²) < 4.78 is 0. The van der Waals surface area contributed by atoms with Crippen LogP contribution in [0.3, 0.4) is 0 Å². The molecular weight excluding hydrogens is 1970 g/mol. The van der Waals surface area contributed by atoms with Gasteiger partial charge in [0.15, 0.2) is 5.96 Å². The minimum absolute atomic E-state index is 0.000117. The SMILES string of the molecule is CC(C)C[C@H](NC(=O)[C@@H](NC(=O)[C@H](CC(C)C)NC(=O)[C@@H]1CCCN1C(=O)[C@@H](NC(=O)CNC(=O)[C@@H]1CCCN1C(=O)[C@@H](NC(=O)[C@@H](NC(=O)[C@H](CC(C)C)NC(=O)[C@H](CCCNC(=N)N)NC(=O)CNC(=O)CNC(=O)[C@H](CO)NC(=O)[C@H](CCC(=O)O)NC(=O)[C@H](CCC(=O)O)NC(=O)[C@H](CC(C)C)NC(=O)[C@H](CCC(N)=O)NC(=O)[C@H](CCC(=O)O)NC(=O)[C@@H](N)CCC(N)=O)C(C)C)[C@@H](C)O)[C@@H](C)O)[C@@H](C)O)C(=O)O. The van der Waals surface area contributed by atoms with Crippen LogP contribution in [0.5, 0.6) is 0 Å². The number of carbonyl (C=O) groups is 25. The predicted molar refractivity (Wildman–Crippen MR) is 523 cm³/mol. The van der Waals surface area contributed by atoms with Crippen LogP contribution in [0.4, 0.5) is 0 Å². The number of nitrogens with zero attached hydrogens (tertiary/aromatic N) is 2. The lowest BCUT2D eigenvalue weighted by atomic mass is 9.98. The number of rotatable bonds is 69. The summed E-state index contributed by atoms with van der Waals surface area (Å²) in [7, 11) is 0. The van der Waals surface area contributed by atoms with E-state index in [4.69, 9.17) is 28.3 Å². The highest BCUT2D eigenvalue weighted by atomic mass is 16.4. The van der Waals surface area contributed by atoms with Crippen molar-refractivity contribution in [1.82, 2.24) is 106 Å². The Balaban J connectivity index is 2.30. The molecule has 0 spiro atoms. The van der Waals surface area contributed by atoms with Crippen molar-refractivity contribution in [3.63, 3.8) is 0 Å². The lowest BCUT2D eigenvalue weighted by Gasteiger charge is -2.32. The van der Waals surface area contributed by atoms with Crippen LogP contribution in [-0.2, 0) is 120 Å². The number of aliphatic hydroxyl groups excluding tert-OH is 4. The van der Waals surface area contributed by atoms with Crippen molar-refractivity contribution in [1.29, 1.82) is 5.41 Å². The van der Waals surface area contributed by atoms with Crippen LogP contribution in [0.1, 0.15) is 218 Å². The lowest BCUT2D eigenvalue weighted by Crippen LogP contribution is -2.62. The third kappa shape index (κ3) is 48.6. The molecule has 149 heavy (non-hydrogen) atoms. The second-order valence-corrected chi connectivity index (χ2v) is 38.7. The Labute approximate surface area is 859 Å². The van der Waals surface area contributed by atoms with Gasteiger partial charge in [0.2, 0.25) is 124 Å². The van der Waals surface area contributed by atoms with Crippen LogP contribution in [0.25, 0.3) is 0 Å². The van der Waals surface area contributed by atoms with Gasteiger partial charge in [-0.2, -0.15) is 0 Å². The van der Waals surface area contributed by atoms with E-state index in [0.29, 0.717) is 0 Å². The van der Waals surface area contributed by atoms with Gasteiger partial charge in [0.1, 0.15) is 96.7 Å². The molecule has 0 aromatic rings.